The van der Waals surface area contributed by atoms with E-state index in [1.54, 1.807) is 0 Å². The molecule has 0 bridgehead atoms. The summed E-state index contributed by atoms with van der Waals surface area (Å²) in [5, 5.41) is 3.53. The molecule has 5 heteroatoms. The third-order valence-electron chi connectivity index (χ3n) is 7.73. The highest BCUT2D eigenvalue weighted by atomic mass is 16.6. The number of benzene rings is 2. The predicted octanol–water partition coefficient (Wildman–Crippen LogP) is 5.28. The molecular formula is C29H41N3O2. The molecular weight excluding hydrogens is 422 g/mol. The zero-order chi connectivity index (χ0) is 23.8. The van der Waals surface area contributed by atoms with E-state index < -0.39 is 0 Å². The third kappa shape index (κ3) is 6.39. The van der Waals surface area contributed by atoms with Crippen LogP contribution in [0.25, 0.3) is 0 Å². The SMILES string of the molecule is CCCN(C(=O)OCc1ccccc1)C1CCN(CC2CC(NC)CC2c2ccccc2)CC1. The van der Waals surface area contributed by atoms with Gasteiger partial charge in [0.2, 0.25) is 0 Å². The van der Waals surface area contributed by atoms with Gasteiger partial charge < -0.3 is 19.9 Å². The van der Waals surface area contributed by atoms with E-state index in [1.807, 2.05) is 35.2 Å². The van der Waals surface area contributed by atoms with Crippen LogP contribution >= 0.6 is 0 Å². The number of rotatable bonds is 9. The fraction of sp³-hybridized carbons (Fsp3) is 0.552. The minimum absolute atomic E-state index is 0.166. The van der Waals surface area contributed by atoms with Crippen LogP contribution in [0.5, 0.6) is 0 Å². The molecule has 5 nitrogen and oxygen atoms in total. The van der Waals surface area contributed by atoms with Crippen molar-refractivity contribution in [1.82, 2.24) is 15.1 Å². The Bertz CT molecular complexity index is 867. The van der Waals surface area contributed by atoms with Gasteiger partial charge in [-0.2, -0.15) is 0 Å². The molecule has 2 fully saturated rings. The molecule has 2 aliphatic rings. The summed E-state index contributed by atoms with van der Waals surface area (Å²) in [5.74, 6) is 1.31. The first kappa shape index (κ1) is 24.7. The third-order valence-corrected chi connectivity index (χ3v) is 7.73. The van der Waals surface area contributed by atoms with Crippen LogP contribution in [0.1, 0.15) is 56.1 Å². The van der Waals surface area contributed by atoms with E-state index in [4.69, 9.17) is 4.74 Å². The first-order chi connectivity index (χ1) is 16.7. The summed E-state index contributed by atoms with van der Waals surface area (Å²) in [5.41, 5.74) is 2.52. The van der Waals surface area contributed by atoms with Gasteiger partial charge in [0.25, 0.3) is 0 Å². The van der Waals surface area contributed by atoms with E-state index in [0.29, 0.717) is 24.5 Å². The fourth-order valence-corrected chi connectivity index (χ4v) is 5.88. The van der Waals surface area contributed by atoms with Gasteiger partial charge in [-0.3, -0.25) is 0 Å². The van der Waals surface area contributed by atoms with Gasteiger partial charge in [0.15, 0.2) is 0 Å². The first-order valence-electron chi connectivity index (χ1n) is 13.1. The number of nitrogens with one attached hydrogen (secondary N) is 1. The maximum Gasteiger partial charge on any atom is 0.410 e. The molecule has 1 saturated heterocycles. The Hall–Kier alpha value is -2.37. The molecule has 1 aliphatic heterocycles. The zero-order valence-electron chi connectivity index (χ0n) is 20.9. The van der Waals surface area contributed by atoms with Gasteiger partial charge >= 0.3 is 6.09 Å². The number of nitrogens with zero attached hydrogens (tertiary/aromatic N) is 2. The van der Waals surface area contributed by atoms with Gasteiger partial charge in [-0.25, -0.2) is 4.79 Å². The van der Waals surface area contributed by atoms with E-state index >= 15 is 0 Å². The Morgan fingerprint density at radius 2 is 1.71 bits per heavy atom. The summed E-state index contributed by atoms with van der Waals surface area (Å²) >= 11 is 0. The van der Waals surface area contributed by atoms with E-state index in [2.05, 4.69) is 54.5 Å². The van der Waals surface area contributed by atoms with Crippen molar-refractivity contribution in [3.63, 3.8) is 0 Å². The van der Waals surface area contributed by atoms with Gasteiger partial charge in [0.1, 0.15) is 6.61 Å². The van der Waals surface area contributed by atoms with Gasteiger partial charge in [0, 0.05) is 38.3 Å². The Kier molecular flexibility index (Phi) is 9.00. The molecule has 1 saturated carbocycles. The maximum absolute atomic E-state index is 12.9. The van der Waals surface area contributed by atoms with Gasteiger partial charge in [0.05, 0.1) is 0 Å². The average molecular weight is 464 g/mol. The van der Waals surface area contributed by atoms with Crippen molar-refractivity contribution in [1.29, 1.82) is 0 Å². The molecule has 4 rings (SSSR count). The molecule has 1 aliphatic carbocycles. The highest BCUT2D eigenvalue weighted by Gasteiger charge is 2.36. The number of hydrogen-bond donors (Lipinski definition) is 1. The largest absolute Gasteiger partial charge is 0.445 e. The Labute approximate surface area is 205 Å². The highest BCUT2D eigenvalue weighted by molar-refractivity contribution is 5.68. The lowest BCUT2D eigenvalue weighted by Crippen LogP contribution is -2.48. The van der Waals surface area contributed by atoms with Crippen molar-refractivity contribution in [3.05, 3.63) is 71.8 Å². The van der Waals surface area contributed by atoms with E-state index in [-0.39, 0.29) is 12.1 Å². The van der Waals surface area contributed by atoms with E-state index in [9.17, 15) is 4.79 Å². The minimum Gasteiger partial charge on any atom is -0.445 e. The first-order valence-corrected chi connectivity index (χ1v) is 13.1. The van der Waals surface area contributed by atoms with E-state index in [1.165, 1.54) is 18.4 Å². The second kappa shape index (κ2) is 12.4. The summed E-state index contributed by atoms with van der Waals surface area (Å²) < 4.78 is 5.68. The van der Waals surface area contributed by atoms with Crippen LogP contribution in [-0.2, 0) is 11.3 Å². The number of likely N-dealkylation sites (tertiary alicyclic amines) is 1. The van der Waals surface area contributed by atoms with Crippen LogP contribution in [0.3, 0.4) is 0 Å². The lowest BCUT2D eigenvalue weighted by Gasteiger charge is -2.39. The standard InChI is InChI=1S/C29H41N3O2/c1-3-16-32(29(33)34-22-23-10-6-4-7-11-23)27-14-17-31(18-15-27)21-25-19-26(30-2)20-28(25)24-12-8-5-9-13-24/h4-13,25-28,30H,3,14-22H2,1-2H3. The number of carbonyl (C=O) groups is 1. The molecule has 0 aromatic heterocycles. The molecule has 2 aromatic rings. The van der Waals surface area contributed by atoms with Crippen molar-refractivity contribution in [2.45, 2.75) is 63.6 Å². The van der Waals surface area contributed by atoms with Crippen LogP contribution < -0.4 is 5.32 Å². The Morgan fingerprint density at radius 3 is 2.35 bits per heavy atom. The van der Waals surface area contributed by atoms with Crippen molar-refractivity contribution < 1.29 is 9.53 Å². The number of ether oxygens (including phenoxy) is 1. The Morgan fingerprint density at radius 1 is 1.03 bits per heavy atom. The summed E-state index contributed by atoms with van der Waals surface area (Å²) in [6, 6.07) is 21.9. The van der Waals surface area contributed by atoms with Crippen LogP contribution in [0.2, 0.25) is 0 Å². The van der Waals surface area contributed by atoms with Gasteiger partial charge in [-0.15, -0.1) is 0 Å². The molecule has 2 aromatic carbocycles. The second-order valence-electron chi connectivity index (χ2n) is 10.00. The molecule has 3 atom stereocenters. The van der Waals surface area contributed by atoms with E-state index in [0.717, 1.165) is 51.0 Å². The predicted molar refractivity (Wildman–Crippen MR) is 138 cm³/mol. The number of amides is 1. The van der Waals surface area contributed by atoms with Crippen molar-refractivity contribution in [2.24, 2.45) is 5.92 Å². The molecule has 0 radical (unpaired) electrons. The van der Waals surface area contributed by atoms with Crippen LogP contribution in [-0.4, -0.2) is 61.2 Å². The summed E-state index contributed by atoms with van der Waals surface area (Å²) in [4.78, 5) is 17.5. The average Bonchev–Trinajstić information content (AvgIpc) is 3.30. The molecule has 0 spiro atoms. The number of hydrogen-bond acceptors (Lipinski definition) is 4. The quantitative estimate of drug-likeness (QED) is 0.549. The summed E-state index contributed by atoms with van der Waals surface area (Å²) in [7, 11) is 2.10. The molecule has 34 heavy (non-hydrogen) atoms. The smallest absolute Gasteiger partial charge is 0.410 e. The van der Waals surface area contributed by atoms with Crippen LogP contribution in [0.4, 0.5) is 4.79 Å². The number of carbonyl (C=O) groups excluding carboxylic acids is 1. The maximum atomic E-state index is 12.9. The molecule has 1 amide bonds. The number of piperidine rings is 1. The molecule has 3 unspecified atom stereocenters. The zero-order valence-corrected chi connectivity index (χ0v) is 20.9. The van der Waals surface area contributed by atoms with Crippen LogP contribution in [0, 0.1) is 5.92 Å². The topological polar surface area (TPSA) is 44.8 Å². The lowest BCUT2D eigenvalue weighted by molar-refractivity contribution is 0.0578. The summed E-state index contributed by atoms with van der Waals surface area (Å²) in [6.45, 7) is 6.50. The molecule has 184 valence electrons. The monoisotopic (exact) mass is 463 g/mol. The molecule has 1 N–H and O–H groups in total. The minimum atomic E-state index is -0.166. The molecule has 1 heterocycles. The highest BCUT2D eigenvalue weighted by Crippen LogP contribution is 2.40. The normalized spacial score (nSPS) is 23.6. The van der Waals surface area contributed by atoms with Gasteiger partial charge in [-0.05, 0) is 62.1 Å². The second-order valence-corrected chi connectivity index (χ2v) is 10.00. The van der Waals surface area contributed by atoms with Gasteiger partial charge in [-0.1, -0.05) is 67.6 Å². The van der Waals surface area contributed by atoms with Crippen molar-refractivity contribution >= 4 is 6.09 Å². The summed E-state index contributed by atoms with van der Waals surface area (Å²) in [6.07, 6.45) is 5.30. The fourth-order valence-electron chi connectivity index (χ4n) is 5.88. The van der Waals surface area contributed by atoms with Crippen molar-refractivity contribution in [3.8, 4) is 0 Å². The lowest BCUT2D eigenvalue weighted by atomic mass is 9.88. The van der Waals surface area contributed by atoms with Crippen LogP contribution in [0.15, 0.2) is 60.7 Å². The van der Waals surface area contributed by atoms with Crippen molar-refractivity contribution in [2.75, 3.05) is 33.2 Å². The Balaban J connectivity index is 1.30.